The van der Waals surface area contributed by atoms with Crippen LogP contribution >= 0.6 is 0 Å². The van der Waals surface area contributed by atoms with Gasteiger partial charge in [-0.3, -0.25) is 0 Å². The normalized spacial score (nSPS) is 13.5. The van der Waals surface area contributed by atoms with Gasteiger partial charge >= 0.3 is 0 Å². The lowest BCUT2D eigenvalue weighted by Gasteiger charge is -2.46. The minimum Gasteiger partial charge on any atom is -0.310 e. The molecule has 4 heterocycles. The van der Waals surface area contributed by atoms with E-state index in [9.17, 15) is 4.11 Å². The van der Waals surface area contributed by atoms with Gasteiger partial charge < -0.3 is 18.9 Å². The summed E-state index contributed by atoms with van der Waals surface area (Å²) in [4.78, 5) is 5.09. The van der Waals surface area contributed by atoms with Crippen LogP contribution in [0.15, 0.2) is 364 Å². The number of aryl methyl sites for hydroxylation is 1. The van der Waals surface area contributed by atoms with Gasteiger partial charge in [0.15, 0.2) is 0 Å². The first-order valence-electron chi connectivity index (χ1n) is 48.6. The minimum absolute atomic E-state index is 0.136. The van der Waals surface area contributed by atoms with Gasteiger partial charge in [-0.1, -0.05) is 355 Å². The third-order valence-corrected chi connectivity index (χ3v) is 28.1. The highest BCUT2D eigenvalue weighted by atomic mass is 15.2. The standard InChI is InChI=1S/C127H117BN4/c1-80-64-117-119-118(65-80)132(121-102(84-42-30-23-31-43-84)75-98(127(17,18)19)77-104(121)92-51-35-49-90(69-92)88-47-33-45-86(67-88)82-38-26-21-27-39-82)116-79-100(130-113-62-54-95(124(8,9)10)72-107(113)108-73-96(125(11,12)13)55-63-114(108)130)57-59-110(116)128(119)109-58-56-99(129-111-60-52-93(122(2,3)4)70-105(111)106-71-94(123(5,6)7)53-61-112(106)129)78-115(109)131(117)120-101(83-40-28-22-29-41-83)74-97(126(14,15)16)76-103(120)91-50-34-48-89(68-91)87-46-32-44-85(66-87)81-36-24-20-25-37-81/h20-79H,1-19H3/i1D3. The number of hydrogen-bond donors (Lipinski definition) is 0. The molecule has 2 aromatic heterocycles. The number of aromatic nitrogens is 2. The van der Waals surface area contributed by atoms with E-state index in [2.05, 4.69) is 508 Å². The predicted octanol–water partition coefficient (Wildman–Crippen LogP) is 33.4. The number of anilines is 6. The van der Waals surface area contributed by atoms with Gasteiger partial charge in [0.25, 0.3) is 6.71 Å². The van der Waals surface area contributed by atoms with E-state index in [-0.39, 0.29) is 38.1 Å². The molecule has 0 aliphatic carbocycles. The first-order chi connectivity index (χ1) is 64.3. The number of hydrogen-bond acceptors (Lipinski definition) is 2. The predicted molar refractivity (Wildman–Crippen MR) is 570 cm³/mol. The Hall–Kier alpha value is -14.0. The molecule has 4 nitrogen and oxygen atoms in total. The second-order valence-electron chi connectivity index (χ2n) is 43.2. The fourth-order valence-electron chi connectivity index (χ4n) is 20.7. The Balaban J connectivity index is 0.933. The number of fused-ring (bicyclic) bond motifs is 10. The van der Waals surface area contributed by atoms with E-state index in [0.717, 1.165) is 184 Å². The van der Waals surface area contributed by atoms with Crippen molar-refractivity contribution in [1.29, 1.82) is 0 Å². The zero-order valence-electron chi connectivity index (χ0n) is 82.5. The van der Waals surface area contributed by atoms with Crippen LogP contribution in [0.2, 0.25) is 0 Å². The van der Waals surface area contributed by atoms with E-state index in [4.69, 9.17) is 0 Å². The number of rotatable bonds is 12. The third-order valence-electron chi connectivity index (χ3n) is 28.1. The van der Waals surface area contributed by atoms with Gasteiger partial charge in [-0.05, 0) is 295 Å². The SMILES string of the molecule is [2H]C([2H])([2H])c1cc2c3c(c1)N(c1c(-c4ccccc4)cc(C(C)(C)C)cc1-c1cccc(-c4cccc(-c5ccccc5)c4)c1)c1cc(-n4c5ccc(C(C)(C)C)cc5c5cc(C(C)(C)C)ccc54)ccc1B3c1ccc(-n3c4ccc(C(C)(C)C)cc4c4cc(C(C)(C)C)ccc43)cc1N2c1c(-c2ccccc2)cc(C(C)(C)C)cc1-c1cccc(-c2cccc(-c3ccccc3)c2)c1. The molecule has 2 aliphatic heterocycles. The highest BCUT2D eigenvalue weighted by Gasteiger charge is 2.47. The van der Waals surface area contributed by atoms with E-state index in [1.165, 1.54) is 43.8 Å². The Morgan fingerprint density at radius 2 is 0.470 bits per heavy atom. The lowest BCUT2D eigenvalue weighted by molar-refractivity contribution is 0.590. The van der Waals surface area contributed by atoms with Crippen LogP contribution in [0.5, 0.6) is 0 Å². The van der Waals surface area contributed by atoms with Crippen molar-refractivity contribution in [2.75, 3.05) is 9.80 Å². The Kier molecular flexibility index (Phi) is 19.5. The highest BCUT2D eigenvalue weighted by molar-refractivity contribution is 7.00. The molecule has 21 rings (SSSR count). The summed E-state index contributed by atoms with van der Waals surface area (Å²) < 4.78 is 36.1. The van der Waals surface area contributed by atoms with Crippen molar-refractivity contribution in [2.24, 2.45) is 0 Å². The lowest BCUT2D eigenvalue weighted by Crippen LogP contribution is -2.61. The third kappa shape index (κ3) is 15.0. The summed E-state index contributed by atoms with van der Waals surface area (Å²) >= 11 is 0. The van der Waals surface area contributed by atoms with Crippen molar-refractivity contribution in [2.45, 2.75) is 164 Å². The zero-order chi connectivity index (χ0) is 94.1. The minimum atomic E-state index is -2.67. The van der Waals surface area contributed by atoms with E-state index in [1.807, 2.05) is 0 Å². The van der Waals surface area contributed by atoms with Crippen LogP contribution in [0.3, 0.4) is 0 Å². The van der Waals surface area contributed by atoms with Crippen molar-refractivity contribution < 1.29 is 4.11 Å². The summed E-state index contributed by atoms with van der Waals surface area (Å²) in [5.74, 6) is 0. The van der Waals surface area contributed by atoms with Crippen LogP contribution in [0.1, 0.15) is 168 Å². The molecule has 648 valence electrons. The smallest absolute Gasteiger partial charge is 0.252 e. The van der Waals surface area contributed by atoms with Crippen LogP contribution in [0.4, 0.5) is 34.1 Å². The maximum absolute atomic E-state index is 10.4. The second kappa shape index (κ2) is 31.7. The Labute approximate surface area is 785 Å². The molecule has 0 N–H and O–H groups in total. The molecule has 2 aliphatic rings. The summed E-state index contributed by atoms with van der Waals surface area (Å²) in [6.07, 6.45) is 0. The Bertz CT molecular complexity index is 7340. The molecule has 5 heteroatoms. The fraction of sp³-hybridized carbons (Fsp3) is 0.197. The topological polar surface area (TPSA) is 16.3 Å². The quantitative estimate of drug-likeness (QED) is 0.113. The molecule has 0 fully saturated rings. The van der Waals surface area contributed by atoms with E-state index in [0.29, 0.717) is 0 Å². The summed E-state index contributed by atoms with van der Waals surface area (Å²) in [5.41, 5.74) is 38.1. The summed E-state index contributed by atoms with van der Waals surface area (Å²) in [7, 11) is 0. The molecule has 19 aromatic rings. The van der Waals surface area contributed by atoms with Crippen LogP contribution in [0, 0.1) is 6.85 Å². The highest BCUT2D eigenvalue weighted by Crippen LogP contribution is 2.57. The molecule has 0 radical (unpaired) electrons. The molecular weight excluding hydrogens is 1590 g/mol. The average molecular weight is 1710 g/mol. The summed E-state index contributed by atoms with van der Waals surface area (Å²) in [6.45, 7) is 38.5. The van der Waals surface area contributed by atoms with Crippen LogP contribution in [-0.2, 0) is 32.5 Å². The van der Waals surface area contributed by atoms with Crippen LogP contribution in [-0.4, -0.2) is 15.8 Å². The number of benzene rings is 17. The Morgan fingerprint density at radius 3 is 0.758 bits per heavy atom. The maximum Gasteiger partial charge on any atom is 0.252 e. The first kappa shape index (κ1) is 81.3. The zero-order valence-corrected chi connectivity index (χ0v) is 79.5. The molecule has 0 saturated carbocycles. The van der Waals surface area contributed by atoms with Gasteiger partial charge in [-0.15, -0.1) is 0 Å². The van der Waals surface area contributed by atoms with Crippen molar-refractivity contribution >= 4 is 101 Å². The molecule has 0 spiro atoms. The summed E-state index contributed by atoms with van der Waals surface area (Å²) in [6, 6.07) is 137. The first-order valence-corrected chi connectivity index (χ1v) is 47.1. The molecule has 0 unspecified atom stereocenters. The van der Waals surface area contributed by atoms with Gasteiger partial charge in [-0.25, -0.2) is 0 Å². The van der Waals surface area contributed by atoms with Gasteiger partial charge in [0.05, 0.1) is 33.4 Å². The molecule has 132 heavy (non-hydrogen) atoms. The van der Waals surface area contributed by atoms with E-state index < -0.39 is 13.6 Å². The van der Waals surface area contributed by atoms with Crippen molar-refractivity contribution in [3.63, 3.8) is 0 Å². The van der Waals surface area contributed by atoms with Gasteiger partial charge in [-0.2, -0.15) is 0 Å². The molecule has 0 amide bonds. The largest absolute Gasteiger partial charge is 0.310 e. The van der Waals surface area contributed by atoms with Gasteiger partial charge in [0, 0.05) is 82.0 Å². The molecular formula is C127H117BN4. The fourth-order valence-corrected chi connectivity index (χ4v) is 20.7. The molecule has 0 saturated heterocycles. The number of nitrogens with zero attached hydrogens (tertiary/aromatic N) is 4. The molecule has 17 aromatic carbocycles. The second-order valence-corrected chi connectivity index (χ2v) is 43.2. The van der Waals surface area contributed by atoms with E-state index in [1.54, 1.807) is 0 Å². The van der Waals surface area contributed by atoms with Crippen molar-refractivity contribution in [3.05, 3.63) is 403 Å². The Morgan fingerprint density at radius 1 is 0.212 bits per heavy atom. The average Bonchev–Trinajstić information content (AvgIpc) is 1.68. The summed E-state index contributed by atoms with van der Waals surface area (Å²) in [5, 5.41) is 4.76. The monoisotopic (exact) mass is 1710 g/mol. The van der Waals surface area contributed by atoms with Crippen LogP contribution in [0.25, 0.3) is 144 Å². The van der Waals surface area contributed by atoms with Gasteiger partial charge in [0.2, 0.25) is 0 Å². The van der Waals surface area contributed by atoms with Crippen molar-refractivity contribution in [3.8, 4) is 100 Å². The maximum atomic E-state index is 10.4. The lowest BCUT2D eigenvalue weighted by atomic mass is 9.33. The molecule has 0 atom stereocenters. The van der Waals surface area contributed by atoms with E-state index >= 15 is 0 Å². The van der Waals surface area contributed by atoms with Crippen LogP contribution < -0.4 is 26.2 Å². The molecule has 0 bridgehead atoms. The van der Waals surface area contributed by atoms with Crippen molar-refractivity contribution in [1.82, 2.24) is 9.13 Å². The van der Waals surface area contributed by atoms with Gasteiger partial charge in [0.1, 0.15) is 0 Å².